The standard InChI is InChI=1S/C24H25Cl2N3O4.C7H12O2/c1-28-12-18(17-5-3-4-6-22(17)28)24(32)27-21-10-19(25)14(7-20(21)26)8-23(31)29-11-16(33-2)9-15(29)13-30;8-7(9)6-4-2-1-3-5-6/h3-7,10,12,15-16,30H,8-9,11,13H2,1-2H3,(H,27,32);6H,1-5H2,(H,8,9). The average molecular weight is 619 g/mol. The summed E-state index contributed by atoms with van der Waals surface area (Å²) in [5.74, 6) is -1.10. The third-order valence-electron chi connectivity index (χ3n) is 8.06. The topological polar surface area (TPSA) is 121 Å². The molecule has 0 radical (unpaired) electrons. The van der Waals surface area contributed by atoms with Gasteiger partial charge in [0.05, 0.1) is 47.4 Å². The molecular weight excluding hydrogens is 581 g/mol. The van der Waals surface area contributed by atoms with Crippen LogP contribution in [0.4, 0.5) is 5.69 Å². The van der Waals surface area contributed by atoms with Gasteiger partial charge < -0.3 is 29.7 Å². The number of likely N-dealkylation sites (tertiary alicyclic amines) is 1. The van der Waals surface area contributed by atoms with E-state index in [-0.39, 0.29) is 47.9 Å². The van der Waals surface area contributed by atoms with Crippen LogP contribution in [0.3, 0.4) is 0 Å². The van der Waals surface area contributed by atoms with Gasteiger partial charge in [-0.15, -0.1) is 0 Å². The number of rotatable bonds is 7. The Kier molecular flexibility index (Phi) is 10.9. The zero-order valence-electron chi connectivity index (χ0n) is 23.8. The molecule has 3 aromatic rings. The molecule has 42 heavy (non-hydrogen) atoms. The fourth-order valence-corrected chi connectivity index (χ4v) is 6.13. The summed E-state index contributed by atoms with van der Waals surface area (Å²) in [5, 5.41) is 22.4. The Balaban J connectivity index is 0.000000385. The predicted octanol–water partition coefficient (Wildman–Crippen LogP) is 5.54. The van der Waals surface area contributed by atoms with Crippen molar-refractivity contribution in [1.29, 1.82) is 0 Å². The molecule has 1 saturated carbocycles. The van der Waals surface area contributed by atoms with Gasteiger partial charge in [-0.1, -0.05) is 60.7 Å². The lowest BCUT2D eigenvalue weighted by molar-refractivity contribution is -0.142. The summed E-state index contributed by atoms with van der Waals surface area (Å²) in [6.45, 7) is 0.296. The number of hydrogen-bond donors (Lipinski definition) is 3. The lowest BCUT2D eigenvalue weighted by Gasteiger charge is -2.23. The van der Waals surface area contributed by atoms with Crippen molar-refractivity contribution in [3.63, 3.8) is 0 Å². The number of nitrogens with zero attached hydrogens (tertiary/aromatic N) is 2. The molecule has 2 aromatic carbocycles. The van der Waals surface area contributed by atoms with E-state index in [9.17, 15) is 19.5 Å². The van der Waals surface area contributed by atoms with Crippen molar-refractivity contribution >= 4 is 57.6 Å². The third-order valence-corrected chi connectivity index (χ3v) is 8.73. The van der Waals surface area contributed by atoms with Gasteiger partial charge in [0.15, 0.2) is 0 Å². The van der Waals surface area contributed by atoms with Crippen LogP contribution >= 0.6 is 23.2 Å². The van der Waals surface area contributed by atoms with Gasteiger partial charge >= 0.3 is 5.97 Å². The molecule has 2 unspecified atom stereocenters. The molecule has 1 aliphatic carbocycles. The van der Waals surface area contributed by atoms with Crippen molar-refractivity contribution < 1.29 is 29.3 Å². The van der Waals surface area contributed by atoms with E-state index in [0.29, 0.717) is 34.8 Å². The summed E-state index contributed by atoms with van der Waals surface area (Å²) in [6, 6.07) is 10.5. The molecule has 2 atom stereocenters. The first-order chi connectivity index (χ1) is 20.1. The average Bonchev–Trinajstić information content (AvgIpc) is 3.57. The number of carbonyl (C=O) groups is 3. The molecule has 2 aliphatic rings. The summed E-state index contributed by atoms with van der Waals surface area (Å²) in [4.78, 5) is 37.8. The highest BCUT2D eigenvalue weighted by molar-refractivity contribution is 6.36. The van der Waals surface area contributed by atoms with Gasteiger partial charge in [-0.2, -0.15) is 0 Å². The Morgan fingerprint density at radius 2 is 1.79 bits per heavy atom. The van der Waals surface area contributed by atoms with Crippen LogP contribution in [-0.4, -0.2) is 69.9 Å². The largest absolute Gasteiger partial charge is 0.481 e. The molecule has 3 N–H and O–H groups in total. The van der Waals surface area contributed by atoms with Crippen LogP contribution in [-0.2, 0) is 27.8 Å². The number of carbonyl (C=O) groups excluding carboxylic acids is 2. The molecule has 0 spiro atoms. The number of carboxylic acids is 1. The van der Waals surface area contributed by atoms with Crippen molar-refractivity contribution in [2.24, 2.45) is 13.0 Å². The number of halogens is 2. The number of benzene rings is 2. The number of aliphatic hydroxyl groups excluding tert-OH is 1. The summed E-state index contributed by atoms with van der Waals surface area (Å²) in [7, 11) is 3.47. The van der Waals surface area contributed by atoms with Crippen LogP contribution in [0.15, 0.2) is 42.6 Å². The number of carboxylic acid groups (broad SMARTS) is 1. The Hall–Kier alpha value is -3.11. The van der Waals surface area contributed by atoms with Gasteiger partial charge in [-0.05, 0) is 43.0 Å². The van der Waals surface area contributed by atoms with E-state index in [1.54, 1.807) is 30.3 Å². The minimum absolute atomic E-state index is 0.0289. The van der Waals surface area contributed by atoms with E-state index < -0.39 is 5.97 Å². The molecule has 2 heterocycles. The van der Waals surface area contributed by atoms with Crippen LogP contribution < -0.4 is 5.32 Å². The summed E-state index contributed by atoms with van der Waals surface area (Å²) >= 11 is 12.9. The molecule has 2 amide bonds. The number of hydrogen-bond acceptors (Lipinski definition) is 5. The smallest absolute Gasteiger partial charge is 0.306 e. The summed E-state index contributed by atoms with van der Waals surface area (Å²) in [5.41, 5.74) is 2.38. The number of nitrogens with one attached hydrogen (secondary N) is 1. The maximum Gasteiger partial charge on any atom is 0.306 e. The Bertz CT molecular complexity index is 1440. The van der Waals surface area contributed by atoms with Crippen molar-refractivity contribution in [3.05, 3.63) is 63.8 Å². The molecule has 11 heteroatoms. The summed E-state index contributed by atoms with van der Waals surface area (Å²) in [6.07, 6.45) is 7.53. The van der Waals surface area contributed by atoms with Gasteiger partial charge in [0.25, 0.3) is 5.91 Å². The Labute approximate surface area is 255 Å². The number of aliphatic carboxylic acids is 1. The van der Waals surface area contributed by atoms with Gasteiger partial charge in [0.1, 0.15) is 0 Å². The highest BCUT2D eigenvalue weighted by atomic mass is 35.5. The van der Waals surface area contributed by atoms with Crippen LogP contribution in [0.1, 0.15) is 54.4 Å². The Morgan fingerprint density at radius 1 is 1.07 bits per heavy atom. The van der Waals surface area contributed by atoms with Gasteiger partial charge in [-0.25, -0.2) is 0 Å². The summed E-state index contributed by atoms with van der Waals surface area (Å²) < 4.78 is 7.23. The van der Waals surface area contributed by atoms with E-state index >= 15 is 0 Å². The van der Waals surface area contributed by atoms with Crippen molar-refractivity contribution in [3.8, 4) is 0 Å². The fraction of sp³-hybridized carbons (Fsp3) is 0.452. The second-order valence-corrected chi connectivity index (χ2v) is 11.7. The number of aliphatic hydroxyl groups is 1. The molecular formula is C31H37Cl2N3O6. The quantitative estimate of drug-likeness (QED) is 0.320. The normalized spacial score (nSPS) is 18.9. The van der Waals surface area contributed by atoms with E-state index in [4.69, 9.17) is 33.0 Å². The molecule has 2 fully saturated rings. The highest BCUT2D eigenvalue weighted by Gasteiger charge is 2.35. The molecule has 9 nitrogen and oxygen atoms in total. The number of para-hydroxylation sites is 1. The molecule has 1 saturated heterocycles. The first-order valence-corrected chi connectivity index (χ1v) is 14.9. The second kappa shape index (κ2) is 14.4. The first-order valence-electron chi connectivity index (χ1n) is 14.1. The van der Waals surface area contributed by atoms with Crippen LogP contribution in [0.2, 0.25) is 10.0 Å². The lowest BCUT2D eigenvalue weighted by atomic mass is 9.90. The maximum atomic E-state index is 12.9. The molecule has 226 valence electrons. The van der Waals surface area contributed by atoms with E-state index in [1.165, 1.54) is 6.42 Å². The van der Waals surface area contributed by atoms with Gasteiger partial charge in [0.2, 0.25) is 5.91 Å². The predicted molar refractivity (Wildman–Crippen MR) is 163 cm³/mol. The molecule has 5 rings (SSSR count). The van der Waals surface area contributed by atoms with Gasteiger partial charge in [-0.3, -0.25) is 14.4 Å². The highest BCUT2D eigenvalue weighted by Crippen LogP contribution is 2.32. The number of methoxy groups -OCH3 is 1. The number of fused-ring (bicyclic) bond motifs is 1. The fourth-order valence-electron chi connectivity index (χ4n) is 5.67. The van der Waals surface area contributed by atoms with E-state index in [2.05, 4.69) is 5.32 Å². The number of ether oxygens (including phenoxy) is 1. The SMILES string of the molecule is COC1CC(CO)N(C(=O)Cc2cc(Cl)c(NC(=O)c3cn(C)c4ccccc34)cc2Cl)C1.O=C(O)C1CCCCC1. The van der Waals surface area contributed by atoms with Crippen molar-refractivity contribution in [2.45, 2.75) is 57.1 Å². The first kappa shape index (κ1) is 31.8. The maximum absolute atomic E-state index is 12.9. The monoisotopic (exact) mass is 617 g/mol. The molecule has 1 aliphatic heterocycles. The van der Waals surface area contributed by atoms with Crippen molar-refractivity contribution in [1.82, 2.24) is 9.47 Å². The van der Waals surface area contributed by atoms with Crippen LogP contribution in [0, 0.1) is 5.92 Å². The third kappa shape index (κ3) is 7.45. The van der Waals surface area contributed by atoms with Crippen LogP contribution in [0.5, 0.6) is 0 Å². The molecule has 0 bridgehead atoms. The van der Waals surface area contributed by atoms with Gasteiger partial charge in [0, 0.05) is 42.8 Å². The van der Waals surface area contributed by atoms with E-state index in [1.807, 2.05) is 35.9 Å². The minimum Gasteiger partial charge on any atom is -0.481 e. The van der Waals surface area contributed by atoms with Crippen LogP contribution in [0.25, 0.3) is 10.9 Å². The zero-order valence-corrected chi connectivity index (χ0v) is 25.3. The van der Waals surface area contributed by atoms with E-state index in [0.717, 1.165) is 36.6 Å². The number of anilines is 1. The minimum atomic E-state index is -0.602. The molecule has 1 aromatic heterocycles. The Morgan fingerprint density at radius 3 is 2.43 bits per heavy atom. The number of amides is 2. The number of aryl methyl sites for hydroxylation is 1. The lowest BCUT2D eigenvalue weighted by Crippen LogP contribution is -2.39. The zero-order chi connectivity index (χ0) is 30.4. The second-order valence-electron chi connectivity index (χ2n) is 10.9. The number of aromatic nitrogens is 1. The van der Waals surface area contributed by atoms with Crippen molar-refractivity contribution in [2.75, 3.05) is 25.6 Å².